The van der Waals surface area contributed by atoms with Crippen molar-refractivity contribution in [3.8, 4) is 0 Å². The van der Waals surface area contributed by atoms with E-state index in [9.17, 15) is 24.0 Å². The molecule has 0 fully saturated rings. The first-order chi connectivity index (χ1) is 18.0. The molecule has 1 heterocycles. The van der Waals surface area contributed by atoms with Gasteiger partial charge in [-0.3, -0.25) is 24.1 Å². The molecule has 0 atom stereocenters. The Morgan fingerprint density at radius 1 is 0.947 bits per heavy atom. The minimum atomic E-state index is -0.708. The molecule has 2 aromatic carbocycles. The topological polar surface area (TPSA) is 143 Å². The largest absolute Gasteiger partial charge is 0.444 e. The maximum atomic E-state index is 12.8. The molecule has 0 spiro atoms. The molecule has 0 bridgehead atoms. The Bertz CT molecular complexity index is 1240. The lowest BCUT2D eigenvalue weighted by Crippen LogP contribution is -2.37. The molecule has 0 unspecified atom stereocenters. The number of hydrogen-bond donors (Lipinski definition) is 3. The van der Waals surface area contributed by atoms with Crippen molar-refractivity contribution in [2.24, 2.45) is 0 Å². The highest BCUT2D eigenvalue weighted by atomic mass is 16.6. The SMILES string of the molecule is COCCCN1C(=O)c2ccc(C(=O)NCc3ccccc3NC(=O)CNC(=O)OC(C)(C)C)cc2C1=O. The van der Waals surface area contributed by atoms with Crippen molar-refractivity contribution in [3.63, 3.8) is 0 Å². The minimum absolute atomic E-state index is 0.0852. The second-order valence-electron chi connectivity index (χ2n) is 9.61. The fourth-order valence-electron chi connectivity index (χ4n) is 3.74. The highest BCUT2D eigenvalue weighted by Gasteiger charge is 2.35. The summed E-state index contributed by atoms with van der Waals surface area (Å²) in [5.41, 5.74) is 1.08. The van der Waals surface area contributed by atoms with E-state index in [1.54, 1.807) is 52.1 Å². The lowest BCUT2D eigenvalue weighted by molar-refractivity contribution is -0.115. The summed E-state index contributed by atoms with van der Waals surface area (Å²) >= 11 is 0. The average Bonchev–Trinajstić information content (AvgIpc) is 3.10. The van der Waals surface area contributed by atoms with Gasteiger partial charge >= 0.3 is 6.09 Å². The van der Waals surface area contributed by atoms with Crippen LogP contribution in [0.15, 0.2) is 42.5 Å². The first kappa shape index (κ1) is 28.3. The Morgan fingerprint density at radius 2 is 1.66 bits per heavy atom. The molecule has 0 aliphatic carbocycles. The quantitative estimate of drug-likeness (QED) is 0.320. The van der Waals surface area contributed by atoms with Gasteiger partial charge in [-0.05, 0) is 57.0 Å². The minimum Gasteiger partial charge on any atom is -0.444 e. The number of fused-ring (bicyclic) bond motifs is 1. The fourth-order valence-corrected chi connectivity index (χ4v) is 3.74. The van der Waals surface area contributed by atoms with Gasteiger partial charge in [0.1, 0.15) is 12.1 Å². The number of hydrogen-bond acceptors (Lipinski definition) is 7. The summed E-state index contributed by atoms with van der Waals surface area (Å²) in [6.07, 6.45) is -0.191. The zero-order chi connectivity index (χ0) is 27.9. The normalized spacial score (nSPS) is 12.7. The van der Waals surface area contributed by atoms with Gasteiger partial charge in [-0.25, -0.2) is 4.79 Å². The van der Waals surface area contributed by atoms with Gasteiger partial charge in [-0.2, -0.15) is 0 Å². The van der Waals surface area contributed by atoms with E-state index >= 15 is 0 Å². The number of rotatable bonds is 10. The predicted octanol–water partition coefficient (Wildman–Crippen LogP) is 2.71. The van der Waals surface area contributed by atoms with Crippen molar-refractivity contribution in [2.75, 3.05) is 32.1 Å². The standard InChI is InChI=1S/C27H32N4O7/c1-27(2,3)38-26(36)29-16-22(32)30-21-9-6-5-8-18(21)15-28-23(33)17-10-11-19-20(14-17)25(35)31(24(19)34)12-7-13-37-4/h5-6,8-11,14H,7,12-13,15-16H2,1-4H3,(H,28,33)(H,29,36)(H,30,32). The number of ether oxygens (including phenoxy) is 2. The summed E-state index contributed by atoms with van der Waals surface area (Å²) in [4.78, 5) is 63.4. The molecule has 38 heavy (non-hydrogen) atoms. The van der Waals surface area contributed by atoms with Crippen LogP contribution in [0.3, 0.4) is 0 Å². The number of benzene rings is 2. The molecular formula is C27H32N4O7. The van der Waals surface area contributed by atoms with E-state index in [0.29, 0.717) is 24.3 Å². The van der Waals surface area contributed by atoms with E-state index in [4.69, 9.17) is 9.47 Å². The van der Waals surface area contributed by atoms with Gasteiger partial charge < -0.3 is 25.4 Å². The van der Waals surface area contributed by atoms with Crippen molar-refractivity contribution < 1.29 is 33.4 Å². The van der Waals surface area contributed by atoms with E-state index in [-0.39, 0.29) is 42.2 Å². The number of methoxy groups -OCH3 is 1. The lowest BCUT2D eigenvalue weighted by atomic mass is 10.1. The third-order valence-corrected chi connectivity index (χ3v) is 5.49. The molecule has 0 radical (unpaired) electrons. The number of carbonyl (C=O) groups is 5. The molecule has 202 valence electrons. The van der Waals surface area contributed by atoms with E-state index in [2.05, 4.69) is 16.0 Å². The Morgan fingerprint density at radius 3 is 2.37 bits per heavy atom. The highest BCUT2D eigenvalue weighted by Crippen LogP contribution is 2.24. The van der Waals surface area contributed by atoms with Crippen molar-refractivity contribution in [2.45, 2.75) is 39.3 Å². The van der Waals surface area contributed by atoms with Gasteiger partial charge in [0.05, 0.1) is 11.1 Å². The fraction of sp³-hybridized carbons (Fsp3) is 0.370. The maximum absolute atomic E-state index is 12.8. The predicted molar refractivity (Wildman–Crippen MR) is 139 cm³/mol. The molecule has 11 nitrogen and oxygen atoms in total. The Balaban J connectivity index is 1.60. The van der Waals surface area contributed by atoms with Gasteiger partial charge in [0, 0.05) is 38.1 Å². The van der Waals surface area contributed by atoms with Gasteiger partial charge in [-0.15, -0.1) is 0 Å². The van der Waals surface area contributed by atoms with Crippen LogP contribution in [0, 0.1) is 0 Å². The first-order valence-electron chi connectivity index (χ1n) is 12.1. The van der Waals surface area contributed by atoms with Crippen molar-refractivity contribution >= 4 is 35.4 Å². The number of anilines is 1. The summed E-state index contributed by atoms with van der Waals surface area (Å²) in [7, 11) is 1.55. The molecule has 3 N–H and O–H groups in total. The van der Waals surface area contributed by atoms with E-state index in [1.165, 1.54) is 18.2 Å². The van der Waals surface area contributed by atoms with Gasteiger partial charge in [0.15, 0.2) is 0 Å². The molecule has 0 aromatic heterocycles. The third kappa shape index (κ3) is 7.39. The monoisotopic (exact) mass is 524 g/mol. The number of amides is 5. The Kier molecular flexibility index (Phi) is 9.19. The molecule has 3 rings (SSSR count). The highest BCUT2D eigenvalue weighted by molar-refractivity contribution is 6.22. The Labute approximate surface area is 220 Å². The zero-order valence-corrected chi connectivity index (χ0v) is 21.9. The second-order valence-corrected chi connectivity index (χ2v) is 9.61. The van der Waals surface area contributed by atoms with Crippen LogP contribution in [0.4, 0.5) is 10.5 Å². The van der Waals surface area contributed by atoms with E-state index in [1.807, 2.05) is 0 Å². The summed E-state index contributed by atoms with van der Waals surface area (Å²) in [5.74, 6) is -1.74. The van der Waals surface area contributed by atoms with Crippen LogP contribution >= 0.6 is 0 Å². The molecular weight excluding hydrogens is 492 g/mol. The zero-order valence-electron chi connectivity index (χ0n) is 21.9. The van der Waals surface area contributed by atoms with Crippen LogP contribution < -0.4 is 16.0 Å². The van der Waals surface area contributed by atoms with Crippen molar-refractivity contribution in [1.82, 2.24) is 15.5 Å². The van der Waals surface area contributed by atoms with Crippen molar-refractivity contribution in [3.05, 3.63) is 64.7 Å². The molecule has 1 aliphatic rings. The number of alkyl carbamates (subject to hydrolysis) is 1. The van der Waals surface area contributed by atoms with Gasteiger partial charge in [0.2, 0.25) is 5.91 Å². The van der Waals surface area contributed by atoms with Gasteiger partial charge in [0.25, 0.3) is 17.7 Å². The summed E-state index contributed by atoms with van der Waals surface area (Å²) in [6.45, 7) is 5.60. The first-order valence-corrected chi connectivity index (χ1v) is 12.1. The summed E-state index contributed by atoms with van der Waals surface area (Å²) < 4.78 is 10.1. The van der Waals surface area contributed by atoms with Gasteiger partial charge in [-0.1, -0.05) is 18.2 Å². The lowest BCUT2D eigenvalue weighted by Gasteiger charge is -2.19. The number of nitrogens with zero attached hydrogens (tertiary/aromatic N) is 1. The van der Waals surface area contributed by atoms with E-state index in [0.717, 1.165) is 4.90 Å². The summed E-state index contributed by atoms with van der Waals surface area (Å²) in [5, 5.41) is 7.87. The third-order valence-electron chi connectivity index (χ3n) is 5.49. The molecule has 2 aromatic rings. The molecule has 0 saturated heterocycles. The van der Waals surface area contributed by atoms with E-state index < -0.39 is 29.4 Å². The molecule has 11 heteroatoms. The number of para-hydroxylation sites is 1. The van der Waals surface area contributed by atoms with Crippen LogP contribution in [0.1, 0.15) is 63.8 Å². The average molecular weight is 525 g/mol. The number of carbonyl (C=O) groups excluding carboxylic acids is 5. The molecule has 0 saturated carbocycles. The molecule has 1 aliphatic heterocycles. The number of imide groups is 1. The van der Waals surface area contributed by atoms with Crippen LogP contribution in [-0.2, 0) is 20.8 Å². The van der Waals surface area contributed by atoms with Crippen LogP contribution in [0.2, 0.25) is 0 Å². The molecule has 5 amide bonds. The smallest absolute Gasteiger partial charge is 0.408 e. The van der Waals surface area contributed by atoms with Crippen LogP contribution in [-0.4, -0.2) is 67.0 Å². The number of nitrogens with one attached hydrogen (secondary N) is 3. The van der Waals surface area contributed by atoms with Crippen molar-refractivity contribution in [1.29, 1.82) is 0 Å². The van der Waals surface area contributed by atoms with Crippen LogP contribution in [0.25, 0.3) is 0 Å². The van der Waals surface area contributed by atoms with Crippen LogP contribution in [0.5, 0.6) is 0 Å². The summed E-state index contributed by atoms with van der Waals surface area (Å²) in [6, 6.07) is 11.3. The Hall–Kier alpha value is -4.25. The second kappa shape index (κ2) is 12.3. The maximum Gasteiger partial charge on any atom is 0.408 e.